The van der Waals surface area contributed by atoms with E-state index in [1.54, 1.807) is 47.6 Å². The first-order valence-corrected chi connectivity index (χ1v) is 11.8. The van der Waals surface area contributed by atoms with Gasteiger partial charge in [0, 0.05) is 68.8 Å². The van der Waals surface area contributed by atoms with E-state index < -0.39 is 0 Å². The molecule has 0 bridgehead atoms. The van der Waals surface area contributed by atoms with Crippen LogP contribution in [-0.4, -0.2) is 71.5 Å². The molecule has 0 spiro atoms. The Morgan fingerprint density at radius 3 is 2.29 bits per heavy atom. The lowest BCUT2D eigenvalue weighted by Gasteiger charge is -2.34. The van der Waals surface area contributed by atoms with Crippen LogP contribution in [-0.2, 0) is 4.79 Å². The summed E-state index contributed by atoms with van der Waals surface area (Å²) in [7, 11) is 0. The van der Waals surface area contributed by atoms with Crippen LogP contribution in [0.3, 0.4) is 0 Å². The summed E-state index contributed by atoms with van der Waals surface area (Å²) in [6.07, 6.45) is 8.04. The number of hydrogen-bond donors (Lipinski definition) is 3. The summed E-state index contributed by atoms with van der Waals surface area (Å²) < 4.78 is 0. The van der Waals surface area contributed by atoms with E-state index in [0.29, 0.717) is 43.4 Å². The Hall–Kier alpha value is -3.69. The summed E-state index contributed by atoms with van der Waals surface area (Å²) in [5, 5.41) is 8.49. The predicted molar refractivity (Wildman–Crippen MR) is 129 cm³/mol. The van der Waals surface area contributed by atoms with Gasteiger partial charge in [-0.05, 0) is 43.2 Å². The fraction of sp³-hybridized carbons (Fsp3) is 0.458. The van der Waals surface area contributed by atoms with Gasteiger partial charge in [-0.3, -0.25) is 9.59 Å². The van der Waals surface area contributed by atoms with Crippen molar-refractivity contribution >= 4 is 29.5 Å². The van der Waals surface area contributed by atoms with Crippen molar-refractivity contribution in [1.82, 2.24) is 25.5 Å². The van der Waals surface area contributed by atoms with Crippen LogP contribution in [0.1, 0.15) is 42.5 Å². The van der Waals surface area contributed by atoms with E-state index in [2.05, 4.69) is 30.8 Å². The highest BCUT2D eigenvalue weighted by Gasteiger charge is 2.22. The zero-order valence-corrected chi connectivity index (χ0v) is 19.2. The van der Waals surface area contributed by atoms with Gasteiger partial charge in [0.1, 0.15) is 0 Å². The molecule has 0 unspecified atom stereocenters. The molecule has 180 valence electrons. The molecule has 10 heteroatoms. The van der Waals surface area contributed by atoms with E-state index in [9.17, 15) is 14.4 Å². The van der Waals surface area contributed by atoms with Gasteiger partial charge in [-0.25, -0.2) is 14.8 Å². The topological polar surface area (TPSA) is 120 Å². The summed E-state index contributed by atoms with van der Waals surface area (Å²) in [6, 6.07) is 8.45. The first-order valence-electron chi connectivity index (χ1n) is 11.8. The van der Waals surface area contributed by atoms with E-state index in [1.807, 2.05) is 0 Å². The minimum absolute atomic E-state index is 0.00607. The first-order chi connectivity index (χ1) is 16.6. The molecule has 0 radical (unpaired) electrons. The van der Waals surface area contributed by atoms with Crippen LogP contribution in [0, 0.1) is 0 Å². The number of amides is 4. The van der Waals surface area contributed by atoms with Crippen LogP contribution in [0.2, 0.25) is 0 Å². The van der Waals surface area contributed by atoms with Gasteiger partial charge in [-0.2, -0.15) is 0 Å². The highest BCUT2D eigenvalue weighted by atomic mass is 16.2. The van der Waals surface area contributed by atoms with Crippen molar-refractivity contribution in [3.63, 3.8) is 0 Å². The number of nitrogens with one attached hydrogen (secondary N) is 3. The quantitative estimate of drug-likeness (QED) is 0.576. The van der Waals surface area contributed by atoms with E-state index in [0.717, 1.165) is 25.7 Å². The molecule has 34 heavy (non-hydrogen) atoms. The molecule has 10 nitrogen and oxygen atoms in total. The molecule has 2 aromatic rings. The van der Waals surface area contributed by atoms with Gasteiger partial charge in [-0.1, -0.05) is 12.8 Å². The first kappa shape index (κ1) is 23.5. The number of rotatable bonds is 7. The number of anilines is 2. The molecule has 1 saturated carbocycles. The second-order valence-corrected chi connectivity index (χ2v) is 8.58. The van der Waals surface area contributed by atoms with Crippen molar-refractivity contribution in [2.75, 3.05) is 42.9 Å². The second-order valence-electron chi connectivity index (χ2n) is 8.58. The standard InChI is InChI=1S/C24H31N7O3/c32-21(30-14-16-31(17-15-30)23-25-11-3-12-26-23)10-13-27-24(34)29-20-8-6-18(7-9-20)22(33)28-19-4-1-2-5-19/h3,6-9,11-12,19H,1-2,4-5,10,13-17H2,(H,28,33)(H2,27,29,34). The minimum atomic E-state index is -0.387. The molecule has 2 fully saturated rings. The number of hydrogen-bond acceptors (Lipinski definition) is 6. The summed E-state index contributed by atoms with van der Waals surface area (Å²) in [6.45, 7) is 2.80. The van der Waals surface area contributed by atoms with E-state index in [-0.39, 0.29) is 36.9 Å². The van der Waals surface area contributed by atoms with Gasteiger partial charge >= 0.3 is 6.03 Å². The molecular formula is C24H31N7O3. The van der Waals surface area contributed by atoms with Crippen LogP contribution in [0.25, 0.3) is 0 Å². The monoisotopic (exact) mass is 465 g/mol. The van der Waals surface area contributed by atoms with Gasteiger partial charge < -0.3 is 25.8 Å². The molecule has 4 amide bonds. The van der Waals surface area contributed by atoms with Crippen LogP contribution >= 0.6 is 0 Å². The van der Waals surface area contributed by atoms with Crippen molar-refractivity contribution in [2.45, 2.75) is 38.1 Å². The maximum atomic E-state index is 12.5. The van der Waals surface area contributed by atoms with Gasteiger partial charge in [0.05, 0.1) is 0 Å². The Morgan fingerprint density at radius 1 is 0.941 bits per heavy atom. The number of nitrogens with zero attached hydrogens (tertiary/aromatic N) is 4. The Labute approximate surface area is 199 Å². The number of aromatic nitrogens is 2. The molecule has 2 aliphatic rings. The number of piperazine rings is 1. The lowest BCUT2D eigenvalue weighted by molar-refractivity contribution is -0.131. The highest BCUT2D eigenvalue weighted by molar-refractivity contribution is 5.95. The average Bonchev–Trinajstić information content (AvgIpc) is 3.38. The second kappa shape index (κ2) is 11.4. The third-order valence-corrected chi connectivity index (χ3v) is 6.19. The molecule has 1 aromatic carbocycles. The number of carbonyl (C=O) groups excluding carboxylic acids is 3. The van der Waals surface area contributed by atoms with Crippen molar-refractivity contribution in [3.05, 3.63) is 48.3 Å². The molecule has 1 aliphatic carbocycles. The third-order valence-electron chi connectivity index (χ3n) is 6.19. The smallest absolute Gasteiger partial charge is 0.319 e. The average molecular weight is 466 g/mol. The molecule has 3 N–H and O–H groups in total. The summed E-state index contributed by atoms with van der Waals surface area (Å²) in [5.74, 6) is 0.598. The van der Waals surface area contributed by atoms with Crippen LogP contribution in [0.15, 0.2) is 42.7 Å². The minimum Gasteiger partial charge on any atom is -0.349 e. The zero-order chi connectivity index (χ0) is 23.8. The molecule has 1 aliphatic heterocycles. The molecule has 4 rings (SSSR count). The van der Waals surface area contributed by atoms with Gasteiger partial charge in [-0.15, -0.1) is 0 Å². The van der Waals surface area contributed by atoms with Crippen molar-refractivity contribution in [2.24, 2.45) is 0 Å². The van der Waals surface area contributed by atoms with Crippen LogP contribution in [0.5, 0.6) is 0 Å². The largest absolute Gasteiger partial charge is 0.349 e. The zero-order valence-electron chi connectivity index (χ0n) is 19.2. The Morgan fingerprint density at radius 2 is 1.62 bits per heavy atom. The lowest BCUT2D eigenvalue weighted by Crippen LogP contribution is -2.49. The molecule has 1 aromatic heterocycles. The van der Waals surface area contributed by atoms with E-state index in [4.69, 9.17) is 0 Å². The van der Waals surface area contributed by atoms with Crippen LogP contribution in [0.4, 0.5) is 16.4 Å². The Balaban J connectivity index is 1.14. The Bertz CT molecular complexity index is 970. The van der Waals surface area contributed by atoms with Gasteiger partial charge in [0.2, 0.25) is 11.9 Å². The van der Waals surface area contributed by atoms with E-state index >= 15 is 0 Å². The van der Waals surface area contributed by atoms with Crippen LogP contribution < -0.4 is 20.9 Å². The fourth-order valence-electron chi connectivity index (χ4n) is 4.27. The maximum Gasteiger partial charge on any atom is 0.319 e. The molecule has 1 saturated heterocycles. The van der Waals surface area contributed by atoms with Crippen molar-refractivity contribution in [1.29, 1.82) is 0 Å². The lowest BCUT2D eigenvalue weighted by atomic mass is 10.1. The molecule has 2 heterocycles. The predicted octanol–water partition coefficient (Wildman–Crippen LogP) is 2.01. The fourth-order valence-corrected chi connectivity index (χ4v) is 4.27. The number of carbonyl (C=O) groups is 3. The summed E-state index contributed by atoms with van der Waals surface area (Å²) >= 11 is 0. The number of urea groups is 1. The van der Waals surface area contributed by atoms with Crippen molar-refractivity contribution in [3.8, 4) is 0 Å². The van der Waals surface area contributed by atoms with Gasteiger partial charge in [0.15, 0.2) is 0 Å². The summed E-state index contributed by atoms with van der Waals surface area (Å²) in [5.41, 5.74) is 1.16. The van der Waals surface area contributed by atoms with Gasteiger partial charge in [0.25, 0.3) is 5.91 Å². The summed E-state index contributed by atoms with van der Waals surface area (Å²) in [4.78, 5) is 49.3. The highest BCUT2D eigenvalue weighted by Crippen LogP contribution is 2.18. The normalized spacial score (nSPS) is 16.2. The van der Waals surface area contributed by atoms with Crippen molar-refractivity contribution < 1.29 is 14.4 Å². The number of benzene rings is 1. The maximum absolute atomic E-state index is 12.5. The molecule has 0 atom stereocenters. The SMILES string of the molecule is O=C(NCCC(=O)N1CCN(c2ncccn2)CC1)Nc1ccc(C(=O)NC2CCCC2)cc1. The third kappa shape index (κ3) is 6.43. The molecular weight excluding hydrogens is 434 g/mol. The van der Waals surface area contributed by atoms with E-state index in [1.165, 1.54) is 0 Å². The Kier molecular flexibility index (Phi) is 7.90.